The van der Waals surface area contributed by atoms with Crippen LogP contribution in [0.3, 0.4) is 0 Å². The Hall–Kier alpha value is -1.49. The van der Waals surface area contributed by atoms with E-state index in [1.54, 1.807) is 40.4 Å². The molecular formula is C7H6N4S. The van der Waals surface area contributed by atoms with E-state index < -0.39 is 0 Å². The molecule has 0 saturated carbocycles. The van der Waals surface area contributed by atoms with Gasteiger partial charge in [0.05, 0.1) is 0 Å². The topological polar surface area (TPSA) is 35.6 Å². The van der Waals surface area contributed by atoms with Gasteiger partial charge in [0.1, 0.15) is 6.33 Å². The lowest BCUT2D eigenvalue weighted by atomic mass is 10.7. The van der Waals surface area contributed by atoms with Crippen molar-refractivity contribution in [1.29, 1.82) is 0 Å². The van der Waals surface area contributed by atoms with Crippen LogP contribution < -0.4 is 0 Å². The van der Waals surface area contributed by atoms with Crippen molar-refractivity contribution in [2.24, 2.45) is 0 Å². The molecule has 0 atom stereocenters. The highest BCUT2D eigenvalue weighted by atomic mass is 32.1. The molecule has 0 bridgehead atoms. The Morgan fingerprint density at radius 2 is 2.17 bits per heavy atom. The summed E-state index contributed by atoms with van der Waals surface area (Å²) < 4.78 is 3.33. The minimum atomic E-state index is 0.595. The smallest absolute Gasteiger partial charge is 0.206 e. The van der Waals surface area contributed by atoms with E-state index in [2.05, 4.69) is 10.1 Å². The molecule has 2 heterocycles. The maximum Gasteiger partial charge on any atom is 0.206 e. The molecular weight excluding hydrogens is 172 g/mol. The van der Waals surface area contributed by atoms with Crippen LogP contribution in [0.5, 0.6) is 0 Å². The fourth-order valence-corrected chi connectivity index (χ4v) is 1.09. The summed E-state index contributed by atoms with van der Waals surface area (Å²) in [6.45, 7) is 0. The fourth-order valence-electron chi connectivity index (χ4n) is 0.873. The van der Waals surface area contributed by atoms with Crippen molar-refractivity contribution in [3.63, 3.8) is 0 Å². The number of aromatic nitrogens is 4. The third kappa shape index (κ3) is 1.14. The summed E-state index contributed by atoms with van der Waals surface area (Å²) in [5.41, 5.74) is 0. The lowest BCUT2D eigenvalue weighted by Crippen LogP contribution is -2.17. The first kappa shape index (κ1) is 7.17. The van der Waals surface area contributed by atoms with Crippen LogP contribution >= 0.6 is 12.2 Å². The van der Waals surface area contributed by atoms with Crippen molar-refractivity contribution in [2.45, 2.75) is 0 Å². The minimum absolute atomic E-state index is 0.595. The van der Waals surface area contributed by atoms with E-state index in [-0.39, 0.29) is 0 Å². The normalized spacial score (nSPS) is 10.0. The van der Waals surface area contributed by atoms with Crippen molar-refractivity contribution in [3.8, 4) is 0 Å². The molecule has 0 aliphatic heterocycles. The van der Waals surface area contributed by atoms with Gasteiger partial charge in [-0.15, -0.1) is 0 Å². The molecule has 60 valence electrons. The van der Waals surface area contributed by atoms with Crippen molar-refractivity contribution >= 4 is 17.3 Å². The third-order valence-electron chi connectivity index (χ3n) is 1.43. The van der Waals surface area contributed by atoms with Crippen LogP contribution in [0.4, 0.5) is 0 Å². The zero-order chi connectivity index (χ0) is 8.39. The second kappa shape index (κ2) is 2.86. The predicted octanol–water partition coefficient (Wildman–Crippen LogP) is 0.761. The summed E-state index contributed by atoms with van der Waals surface area (Å²) in [7, 11) is 0. The van der Waals surface area contributed by atoms with Gasteiger partial charge in [-0.25, -0.2) is 9.67 Å². The van der Waals surface area contributed by atoms with Crippen LogP contribution in [0.15, 0.2) is 37.2 Å². The minimum Gasteiger partial charge on any atom is -0.281 e. The van der Waals surface area contributed by atoms with Gasteiger partial charge in [0.2, 0.25) is 5.11 Å². The highest BCUT2D eigenvalue weighted by molar-refractivity contribution is 7.80. The first-order chi connectivity index (χ1) is 5.88. The van der Waals surface area contributed by atoms with Crippen LogP contribution in [-0.2, 0) is 0 Å². The number of hydrogen-bond donors (Lipinski definition) is 0. The average Bonchev–Trinajstić information content (AvgIpc) is 2.77. The highest BCUT2D eigenvalue weighted by Gasteiger charge is 1.99. The summed E-state index contributed by atoms with van der Waals surface area (Å²) in [6.07, 6.45) is 8.58. The van der Waals surface area contributed by atoms with E-state index in [0.717, 1.165) is 0 Å². The molecule has 0 unspecified atom stereocenters. The molecule has 2 aromatic rings. The second-order valence-corrected chi connectivity index (χ2v) is 2.57. The van der Waals surface area contributed by atoms with Gasteiger partial charge < -0.3 is 0 Å². The maximum atomic E-state index is 5.12. The summed E-state index contributed by atoms with van der Waals surface area (Å²) in [4.78, 5) is 3.89. The van der Waals surface area contributed by atoms with E-state index in [4.69, 9.17) is 12.2 Å². The van der Waals surface area contributed by atoms with Crippen LogP contribution in [0, 0.1) is 0 Å². The molecule has 0 aliphatic rings. The van der Waals surface area contributed by atoms with Crippen molar-refractivity contribution < 1.29 is 0 Å². The zero-order valence-electron chi connectivity index (χ0n) is 6.16. The lowest BCUT2D eigenvalue weighted by Gasteiger charge is -2.02. The lowest BCUT2D eigenvalue weighted by molar-refractivity contribution is 0.897. The Morgan fingerprint density at radius 1 is 1.25 bits per heavy atom. The quantitative estimate of drug-likeness (QED) is 0.559. The van der Waals surface area contributed by atoms with E-state index >= 15 is 0 Å². The SMILES string of the molecule is S=C(n1ccnc1)n1cccn1. The van der Waals surface area contributed by atoms with Crippen LogP contribution in [0.25, 0.3) is 0 Å². The Morgan fingerprint density at radius 3 is 2.75 bits per heavy atom. The van der Waals surface area contributed by atoms with Crippen molar-refractivity contribution in [3.05, 3.63) is 37.2 Å². The summed E-state index contributed by atoms with van der Waals surface area (Å²) in [6, 6.07) is 1.82. The highest BCUT2D eigenvalue weighted by Crippen LogP contribution is 1.91. The number of hydrogen-bond acceptors (Lipinski definition) is 3. The molecule has 5 heteroatoms. The average molecular weight is 178 g/mol. The largest absolute Gasteiger partial charge is 0.281 e. The first-order valence-corrected chi connectivity index (χ1v) is 3.81. The van der Waals surface area contributed by atoms with Gasteiger partial charge in [-0.2, -0.15) is 5.10 Å². The van der Waals surface area contributed by atoms with Gasteiger partial charge in [0.15, 0.2) is 0 Å². The Labute approximate surface area is 74.5 Å². The van der Waals surface area contributed by atoms with Crippen LogP contribution in [0.1, 0.15) is 0 Å². The molecule has 12 heavy (non-hydrogen) atoms. The van der Waals surface area contributed by atoms with E-state index in [1.807, 2.05) is 6.07 Å². The Bertz CT molecular complexity index is 326. The van der Waals surface area contributed by atoms with Gasteiger partial charge in [0.25, 0.3) is 0 Å². The van der Waals surface area contributed by atoms with Gasteiger partial charge >= 0.3 is 0 Å². The summed E-state index contributed by atoms with van der Waals surface area (Å²) in [5, 5.41) is 4.59. The van der Waals surface area contributed by atoms with Gasteiger partial charge in [-0.3, -0.25) is 4.57 Å². The molecule has 0 radical (unpaired) electrons. The summed E-state index contributed by atoms with van der Waals surface area (Å²) >= 11 is 5.12. The van der Waals surface area contributed by atoms with E-state index in [9.17, 15) is 0 Å². The second-order valence-electron chi connectivity index (χ2n) is 2.20. The molecule has 0 saturated heterocycles. The fraction of sp³-hybridized carbons (Fsp3) is 0. The van der Waals surface area contributed by atoms with E-state index in [1.165, 1.54) is 0 Å². The van der Waals surface area contributed by atoms with Crippen molar-refractivity contribution in [1.82, 2.24) is 19.3 Å². The molecule has 0 N–H and O–H groups in total. The third-order valence-corrected chi connectivity index (χ3v) is 1.82. The predicted molar refractivity (Wildman–Crippen MR) is 47.8 cm³/mol. The molecule has 0 fully saturated rings. The molecule has 0 aromatic carbocycles. The standard InChI is InChI=1S/C7H6N4S/c12-7(10-5-3-8-6-10)11-4-1-2-9-11/h1-6H. The maximum absolute atomic E-state index is 5.12. The molecule has 0 amide bonds. The molecule has 0 spiro atoms. The first-order valence-electron chi connectivity index (χ1n) is 3.40. The van der Waals surface area contributed by atoms with Crippen LogP contribution in [0.2, 0.25) is 0 Å². The van der Waals surface area contributed by atoms with Crippen molar-refractivity contribution in [2.75, 3.05) is 0 Å². The molecule has 2 aromatic heterocycles. The molecule has 0 aliphatic carbocycles. The van der Waals surface area contributed by atoms with Gasteiger partial charge in [-0.1, -0.05) is 0 Å². The zero-order valence-corrected chi connectivity index (χ0v) is 6.98. The van der Waals surface area contributed by atoms with Crippen LogP contribution in [-0.4, -0.2) is 24.4 Å². The monoisotopic (exact) mass is 178 g/mol. The van der Waals surface area contributed by atoms with Gasteiger partial charge in [0, 0.05) is 24.8 Å². The van der Waals surface area contributed by atoms with Gasteiger partial charge in [-0.05, 0) is 18.3 Å². The number of thiocarbonyl (C=S) groups is 1. The molecule has 2 rings (SSSR count). The number of imidazole rings is 1. The summed E-state index contributed by atoms with van der Waals surface area (Å²) in [5.74, 6) is 0. The Balaban J connectivity index is 2.34. The Kier molecular flexibility index (Phi) is 1.71. The number of nitrogens with zero attached hydrogens (tertiary/aromatic N) is 4. The number of rotatable bonds is 0. The molecule has 4 nitrogen and oxygen atoms in total. The van der Waals surface area contributed by atoms with E-state index in [0.29, 0.717) is 5.11 Å².